The van der Waals surface area contributed by atoms with Gasteiger partial charge in [0.15, 0.2) is 0 Å². The zero-order valence-corrected chi connectivity index (χ0v) is 16.6. The molecule has 3 heterocycles. The lowest BCUT2D eigenvalue weighted by Gasteiger charge is -2.24. The zero-order valence-electron chi connectivity index (χ0n) is 16.6. The van der Waals surface area contributed by atoms with Crippen LogP contribution in [0.1, 0.15) is 29.7 Å². The molecule has 1 aliphatic rings. The number of carbonyl (C=O) groups excluding carboxylic acids is 1. The number of fused-ring (bicyclic) bond motifs is 1. The first kappa shape index (κ1) is 20.1. The van der Waals surface area contributed by atoms with Crippen molar-refractivity contribution in [3.05, 3.63) is 76.8 Å². The molecule has 0 spiro atoms. The first-order valence-corrected chi connectivity index (χ1v) is 9.53. The monoisotopic (exact) mass is 419 g/mol. The fraction of sp³-hybridized carbons (Fsp3) is 0.182. The maximum atomic E-state index is 13.3. The quantitative estimate of drug-likeness (QED) is 0.609. The molecule has 8 nitrogen and oxygen atoms in total. The fourth-order valence-electron chi connectivity index (χ4n) is 3.55. The van der Waals surface area contributed by atoms with Gasteiger partial charge in [-0.25, -0.2) is 4.39 Å². The third kappa shape index (κ3) is 3.83. The lowest BCUT2D eigenvalue weighted by molar-refractivity contribution is -0.142. The van der Waals surface area contributed by atoms with Crippen molar-refractivity contribution in [2.45, 2.75) is 19.3 Å². The minimum Gasteiger partial charge on any atom is -0.466 e. The molecule has 156 valence electrons. The number of ether oxygens (including phenoxy) is 2. The normalized spacial score (nSPS) is 15.1. The van der Waals surface area contributed by atoms with E-state index in [2.05, 4.69) is 21.3 Å². The summed E-state index contributed by atoms with van der Waals surface area (Å²) in [6, 6.07) is 9.95. The van der Waals surface area contributed by atoms with Crippen molar-refractivity contribution in [3.63, 3.8) is 0 Å². The number of carbonyl (C=O) groups is 1. The highest BCUT2D eigenvalue weighted by Gasteiger charge is 2.36. The highest BCUT2D eigenvalue weighted by atomic mass is 19.1. The lowest BCUT2D eigenvalue weighted by atomic mass is 9.83. The Labute approximate surface area is 177 Å². The van der Waals surface area contributed by atoms with Crippen molar-refractivity contribution >= 4 is 5.97 Å². The predicted octanol–water partition coefficient (Wildman–Crippen LogP) is 2.93. The Morgan fingerprint density at radius 1 is 1.32 bits per heavy atom. The van der Waals surface area contributed by atoms with Gasteiger partial charge in [0.25, 0.3) is 0 Å². The molecule has 1 aliphatic heterocycles. The Bertz CT molecular complexity index is 1210. The van der Waals surface area contributed by atoms with Crippen LogP contribution in [0.25, 0.3) is 11.1 Å². The summed E-state index contributed by atoms with van der Waals surface area (Å²) >= 11 is 0. The number of benzene rings is 1. The highest BCUT2D eigenvalue weighted by molar-refractivity contribution is 5.73. The number of pyridine rings is 1. The maximum absolute atomic E-state index is 13.3. The molecule has 0 bridgehead atoms. The minimum absolute atomic E-state index is 0.0682. The van der Waals surface area contributed by atoms with Crippen LogP contribution in [0, 0.1) is 17.1 Å². The van der Waals surface area contributed by atoms with Crippen molar-refractivity contribution in [1.29, 1.82) is 5.26 Å². The van der Waals surface area contributed by atoms with Crippen LogP contribution in [-0.2, 0) is 16.0 Å². The summed E-state index contributed by atoms with van der Waals surface area (Å²) in [4.78, 5) is 16.4. The fourth-order valence-corrected chi connectivity index (χ4v) is 3.55. The van der Waals surface area contributed by atoms with Crippen molar-refractivity contribution in [2.75, 3.05) is 6.61 Å². The van der Waals surface area contributed by atoms with E-state index in [0.717, 1.165) is 11.1 Å². The molecule has 0 fully saturated rings. The number of nitrogens with zero attached hydrogens (tertiary/aromatic N) is 3. The SMILES string of the molecule is CCOC(=O)Cc1[nH]nc2c1[C@@H](c1cncc(-c3ccc(F)cc3)c1)C(C#N)=C(N)O2. The number of aromatic amines is 1. The molecule has 0 saturated carbocycles. The minimum atomic E-state index is -0.648. The number of hydrogen-bond donors (Lipinski definition) is 2. The van der Waals surface area contributed by atoms with Gasteiger partial charge >= 0.3 is 5.97 Å². The van der Waals surface area contributed by atoms with Gasteiger partial charge in [-0.1, -0.05) is 12.1 Å². The molecule has 0 saturated heterocycles. The summed E-state index contributed by atoms with van der Waals surface area (Å²) in [5.41, 5.74) is 9.29. The topological polar surface area (TPSA) is 127 Å². The van der Waals surface area contributed by atoms with E-state index in [9.17, 15) is 14.4 Å². The van der Waals surface area contributed by atoms with E-state index in [0.29, 0.717) is 16.8 Å². The van der Waals surface area contributed by atoms with E-state index in [1.807, 2.05) is 6.07 Å². The second-order valence-corrected chi connectivity index (χ2v) is 6.84. The van der Waals surface area contributed by atoms with E-state index in [4.69, 9.17) is 15.2 Å². The molecule has 9 heteroatoms. The smallest absolute Gasteiger partial charge is 0.311 e. The Balaban J connectivity index is 1.81. The number of nitriles is 1. The molecule has 1 aromatic carbocycles. The van der Waals surface area contributed by atoms with E-state index in [1.54, 1.807) is 31.5 Å². The number of rotatable bonds is 5. The second-order valence-electron chi connectivity index (χ2n) is 6.84. The summed E-state index contributed by atoms with van der Waals surface area (Å²) in [7, 11) is 0. The van der Waals surface area contributed by atoms with Crippen LogP contribution in [0.5, 0.6) is 5.88 Å². The molecule has 2 aromatic heterocycles. The third-order valence-corrected chi connectivity index (χ3v) is 4.91. The van der Waals surface area contributed by atoms with Crippen LogP contribution < -0.4 is 10.5 Å². The van der Waals surface area contributed by atoms with E-state index in [-0.39, 0.29) is 36.2 Å². The van der Waals surface area contributed by atoms with Crippen molar-refractivity contribution in [3.8, 4) is 23.1 Å². The van der Waals surface area contributed by atoms with Gasteiger partial charge in [-0.05, 0) is 36.2 Å². The summed E-state index contributed by atoms with van der Waals surface area (Å²) in [5, 5.41) is 16.7. The van der Waals surface area contributed by atoms with Gasteiger partial charge in [-0.3, -0.25) is 14.9 Å². The average Bonchev–Trinajstić information content (AvgIpc) is 3.15. The molecule has 3 aromatic rings. The maximum Gasteiger partial charge on any atom is 0.311 e. The van der Waals surface area contributed by atoms with E-state index >= 15 is 0 Å². The Hall–Kier alpha value is -4.19. The highest BCUT2D eigenvalue weighted by Crippen LogP contribution is 2.43. The number of H-pyrrole nitrogens is 1. The first-order chi connectivity index (χ1) is 15.0. The zero-order chi connectivity index (χ0) is 22.0. The summed E-state index contributed by atoms with van der Waals surface area (Å²) < 4.78 is 23.9. The first-order valence-electron chi connectivity index (χ1n) is 9.53. The van der Waals surface area contributed by atoms with Gasteiger partial charge in [0.1, 0.15) is 17.5 Å². The van der Waals surface area contributed by atoms with Crippen LogP contribution in [0.3, 0.4) is 0 Å². The molecule has 0 radical (unpaired) electrons. The number of esters is 1. The Morgan fingerprint density at radius 3 is 2.81 bits per heavy atom. The molecule has 3 N–H and O–H groups in total. The Morgan fingerprint density at radius 2 is 2.10 bits per heavy atom. The van der Waals surface area contributed by atoms with Gasteiger partial charge in [0.2, 0.25) is 11.8 Å². The molecule has 1 atom stereocenters. The number of aromatic nitrogens is 3. The van der Waals surface area contributed by atoms with Crippen LogP contribution in [0.15, 0.2) is 54.2 Å². The van der Waals surface area contributed by atoms with Crippen molar-refractivity contribution in [2.24, 2.45) is 5.73 Å². The Kier molecular flexibility index (Phi) is 5.37. The van der Waals surface area contributed by atoms with E-state index < -0.39 is 11.9 Å². The molecule has 0 unspecified atom stereocenters. The van der Waals surface area contributed by atoms with Crippen molar-refractivity contribution < 1.29 is 18.7 Å². The standard InChI is InChI=1S/C22H18FN5O3/c1-2-30-18(29)8-17-20-19(16(9-24)21(25)31-22(20)28-27-17)14-7-13(10-26-11-14)12-3-5-15(23)6-4-12/h3-7,10-11,19H,2,8,25H2,1H3,(H,27,28)/t19-/m0/s1. The summed E-state index contributed by atoms with van der Waals surface area (Å²) in [5.74, 6) is -1.31. The van der Waals surface area contributed by atoms with Crippen LogP contribution >= 0.6 is 0 Å². The van der Waals surface area contributed by atoms with E-state index in [1.165, 1.54) is 12.1 Å². The lowest BCUT2D eigenvalue weighted by Crippen LogP contribution is -2.22. The van der Waals surface area contributed by atoms with Crippen LogP contribution in [0.2, 0.25) is 0 Å². The molecular weight excluding hydrogens is 401 g/mol. The van der Waals surface area contributed by atoms with Crippen molar-refractivity contribution in [1.82, 2.24) is 15.2 Å². The number of nitrogens with two attached hydrogens (primary N) is 1. The van der Waals surface area contributed by atoms with Gasteiger partial charge in [0.05, 0.1) is 30.2 Å². The predicted molar refractivity (Wildman–Crippen MR) is 108 cm³/mol. The van der Waals surface area contributed by atoms with Gasteiger partial charge in [-0.15, -0.1) is 5.10 Å². The van der Waals surface area contributed by atoms with Gasteiger partial charge in [-0.2, -0.15) is 5.26 Å². The molecular formula is C22H18FN5O3. The third-order valence-electron chi connectivity index (χ3n) is 4.91. The second kappa shape index (κ2) is 8.28. The number of allylic oxidation sites excluding steroid dienone is 1. The summed E-state index contributed by atoms with van der Waals surface area (Å²) in [6.07, 6.45) is 3.18. The number of halogens is 1. The molecule has 0 amide bonds. The molecule has 4 rings (SSSR count). The molecule has 31 heavy (non-hydrogen) atoms. The number of nitrogens with one attached hydrogen (secondary N) is 1. The van der Waals surface area contributed by atoms with Crippen LogP contribution in [-0.4, -0.2) is 27.8 Å². The van der Waals surface area contributed by atoms with Crippen LogP contribution in [0.4, 0.5) is 4.39 Å². The summed E-state index contributed by atoms with van der Waals surface area (Å²) in [6.45, 7) is 1.96. The van der Waals surface area contributed by atoms with Gasteiger partial charge in [0, 0.05) is 18.0 Å². The largest absolute Gasteiger partial charge is 0.466 e. The number of hydrogen-bond acceptors (Lipinski definition) is 7. The molecule has 0 aliphatic carbocycles. The van der Waals surface area contributed by atoms with Gasteiger partial charge < -0.3 is 15.2 Å². The average molecular weight is 419 g/mol.